The average Bonchev–Trinajstić information content (AvgIpc) is 3.21. The first kappa shape index (κ1) is 16.4. The lowest BCUT2D eigenvalue weighted by molar-refractivity contribution is -0.142. The maximum absolute atomic E-state index is 11.7. The molecule has 0 atom stereocenters. The minimum atomic E-state index is -0.506. The number of hydrogen-bond acceptors (Lipinski definition) is 6. The number of ether oxygens (including phenoxy) is 1. The summed E-state index contributed by atoms with van der Waals surface area (Å²) in [7, 11) is 0. The molecule has 2 aromatic heterocycles. The van der Waals surface area contributed by atoms with Crippen molar-refractivity contribution < 1.29 is 19.1 Å². The van der Waals surface area contributed by atoms with E-state index in [1.54, 1.807) is 23.6 Å². The van der Waals surface area contributed by atoms with Crippen molar-refractivity contribution in [2.24, 2.45) is 0 Å². The van der Waals surface area contributed by atoms with Gasteiger partial charge in [0, 0.05) is 6.42 Å². The molecule has 116 valence electrons. The molecule has 0 radical (unpaired) electrons. The number of Topliss-reactive ketones (excluding diaryl/α,β-unsaturated/α-hetero) is 1. The van der Waals surface area contributed by atoms with E-state index in [1.165, 1.54) is 22.7 Å². The second-order valence-corrected chi connectivity index (χ2v) is 6.28. The van der Waals surface area contributed by atoms with Crippen LogP contribution in [0, 0.1) is 0 Å². The Bertz CT molecular complexity index is 620. The van der Waals surface area contributed by atoms with Gasteiger partial charge < -0.3 is 10.1 Å². The number of amides is 1. The fourth-order valence-corrected chi connectivity index (χ4v) is 3.01. The first-order valence-corrected chi connectivity index (χ1v) is 8.47. The molecule has 1 N–H and O–H groups in total. The van der Waals surface area contributed by atoms with Gasteiger partial charge in [-0.05, 0) is 29.3 Å². The third kappa shape index (κ3) is 5.09. The van der Waals surface area contributed by atoms with E-state index in [-0.39, 0.29) is 24.8 Å². The van der Waals surface area contributed by atoms with Crippen LogP contribution in [0.5, 0.6) is 0 Å². The van der Waals surface area contributed by atoms with Crippen molar-refractivity contribution in [3.05, 3.63) is 44.8 Å². The lowest BCUT2D eigenvalue weighted by Crippen LogP contribution is -2.30. The Kier molecular flexibility index (Phi) is 6.29. The van der Waals surface area contributed by atoms with Crippen molar-refractivity contribution in [3.8, 4) is 0 Å². The molecule has 5 nitrogen and oxygen atoms in total. The quantitative estimate of drug-likeness (QED) is 0.457. The van der Waals surface area contributed by atoms with Crippen LogP contribution in [0.2, 0.25) is 0 Å². The number of rotatable bonds is 8. The Morgan fingerprint density at radius 2 is 1.73 bits per heavy atom. The SMILES string of the molecule is O=C(CNC(=O)c1cccs1)OCCCC(=O)c1cccs1. The summed E-state index contributed by atoms with van der Waals surface area (Å²) in [5.41, 5.74) is 0. The molecule has 0 aromatic carbocycles. The highest BCUT2D eigenvalue weighted by Crippen LogP contribution is 2.12. The van der Waals surface area contributed by atoms with Crippen LogP contribution in [0.15, 0.2) is 35.0 Å². The molecule has 0 fully saturated rings. The van der Waals surface area contributed by atoms with Crippen LogP contribution < -0.4 is 5.32 Å². The van der Waals surface area contributed by atoms with E-state index in [9.17, 15) is 14.4 Å². The van der Waals surface area contributed by atoms with Crippen molar-refractivity contribution in [2.75, 3.05) is 13.2 Å². The van der Waals surface area contributed by atoms with Crippen molar-refractivity contribution in [2.45, 2.75) is 12.8 Å². The second kappa shape index (κ2) is 8.45. The fourth-order valence-electron chi connectivity index (χ4n) is 1.68. The number of thiophene rings is 2. The molecule has 0 aliphatic carbocycles. The normalized spacial score (nSPS) is 10.2. The molecule has 0 saturated heterocycles. The molecular formula is C15H15NO4S2. The number of ketones is 1. The predicted molar refractivity (Wildman–Crippen MR) is 85.5 cm³/mol. The fraction of sp³-hybridized carbons (Fsp3) is 0.267. The van der Waals surface area contributed by atoms with Crippen molar-refractivity contribution in [3.63, 3.8) is 0 Å². The van der Waals surface area contributed by atoms with Gasteiger partial charge in [-0.25, -0.2) is 0 Å². The predicted octanol–water partition coefficient (Wildman–Crippen LogP) is 2.75. The largest absolute Gasteiger partial charge is 0.464 e. The average molecular weight is 337 g/mol. The van der Waals surface area contributed by atoms with Gasteiger partial charge in [-0.15, -0.1) is 22.7 Å². The van der Waals surface area contributed by atoms with Gasteiger partial charge in [-0.1, -0.05) is 12.1 Å². The Hall–Kier alpha value is -1.99. The highest BCUT2D eigenvalue weighted by molar-refractivity contribution is 7.12. The Morgan fingerprint density at radius 1 is 1.05 bits per heavy atom. The number of hydrogen-bond donors (Lipinski definition) is 1. The molecule has 0 saturated carbocycles. The number of esters is 1. The summed E-state index contributed by atoms with van der Waals surface area (Å²) in [6, 6.07) is 7.05. The summed E-state index contributed by atoms with van der Waals surface area (Å²) in [6.07, 6.45) is 0.816. The Morgan fingerprint density at radius 3 is 2.36 bits per heavy atom. The molecule has 0 bridgehead atoms. The third-order valence-corrected chi connectivity index (χ3v) is 4.53. The smallest absolute Gasteiger partial charge is 0.325 e. The van der Waals surface area contributed by atoms with Gasteiger partial charge >= 0.3 is 5.97 Å². The maximum Gasteiger partial charge on any atom is 0.325 e. The summed E-state index contributed by atoms with van der Waals surface area (Å²) in [6.45, 7) is 0.000422. The molecular weight excluding hydrogens is 322 g/mol. The maximum atomic E-state index is 11.7. The highest BCUT2D eigenvalue weighted by Gasteiger charge is 2.10. The van der Waals surface area contributed by atoms with Crippen molar-refractivity contribution in [1.82, 2.24) is 5.32 Å². The molecule has 22 heavy (non-hydrogen) atoms. The van der Waals surface area contributed by atoms with Crippen LogP contribution in [-0.2, 0) is 9.53 Å². The zero-order valence-electron chi connectivity index (χ0n) is 11.7. The molecule has 0 aliphatic heterocycles. The molecule has 2 heterocycles. The topological polar surface area (TPSA) is 72.5 Å². The Labute approximate surface area is 135 Å². The first-order valence-electron chi connectivity index (χ1n) is 6.71. The monoisotopic (exact) mass is 337 g/mol. The van der Waals surface area contributed by atoms with Crippen molar-refractivity contribution in [1.29, 1.82) is 0 Å². The Balaban J connectivity index is 1.58. The van der Waals surface area contributed by atoms with E-state index in [2.05, 4.69) is 5.32 Å². The lowest BCUT2D eigenvalue weighted by atomic mass is 10.2. The van der Waals surface area contributed by atoms with Gasteiger partial charge in [0.1, 0.15) is 6.54 Å². The van der Waals surface area contributed by atoms with Crippen LogP contribution >= 0.6 is 22.7 Å². The van der Waals surface area contributed by atoms with Gasteiger partial charge in [-0.3, -0.25) is 14.4 Å². The second-order valence-electron chi connectivity index (χ2n) is 4.38. The van der Waals surface area contributed by atoms with Crippen molar-refractivity contribution >= 4 is 40.3 Å². The van der Waals surface area contributed by atoms with Crippen LogP contribution in [-0.4, -0.2) is 30.8 Å². The van der Waals surface area contributed by atoms with Crippen LogP contribution in [0.3, 0.4) is 0 Å². The lowest BCUT2D eigenvalue weighted by Gasteiger charge is -2.05. The molecule has 2 rings (SSSR count). The standard InChI is InChI=1S/C15H15NO4S2/c17-11(12-5-2-8-21-12)4-1-7-20-14(18)10-16-15(19)13-6-3-9-22-13/h2-3,5-6,8-9H,1,4,7,10H2,(H,16,19). The molecule has 0 aliphatic rings. The minimum absolute atomic E-state index is 0.0528. The van der Waals surface area contributed by atoms with Gasteiger partial charge in [0.15, 0.2) is 5.78 Å². The molecule has 0 unspecified atom stereocenters. The molecule has 7 heteroatoms. The van der Waals surface area contributed by atoms with Gasteiger partial charge in [0.25, 0.3) is 5.91 Å². The van der Waals surface area contributed by atoms with E-state index < -0.39 is 5.97 Å². The zero-order chi connectivity index (χ0) is 15.8. The summed E-state index contributed by atoms with van der Waals surface area (Å²) in [4.78, 5) is 36.1. The summed E-state index contributed by atoms with van der Waals surface area (Å²) < 4.78 is 4.98. The van der Waals surface area contributed by atoms with E-state index in [1.807, 2.05) is 11.4 Å². The highest BCUT2D eigenvalue weighted by atomic mass is 32.1. The summed E-state index contributed by atoms with van der Waals surface area (Å²) >= 11 is 2.71. The summed E-state index contributed by atoms with van der Waals surface area (Å²) in [5.74, 6) is -0.745. The van der Waals surface area contributed by atoms with E-state index in [0.717, 1.165) is 4.88 Å². The number of carbonyl (C=O) groups is 3. The molecule has 0 spiro atoms. The minimum Gasteiger partial charge on any atom is -0.464 e. The number of carbonyl (C=O) groups excluding carboxylic acids is 3. The zero-order valence-corrected chi connectivity index (χ0v) is 13.4. The first-order chi connectivity index (χ1) is 10.7. The van der Waals surface area contributed by atoms with Gasteiger partial charge in [-0.2, -0.15) is 0 Å². The molecule has 1 amide bonds. The third-order valence-electron chi connectivity index (χ3n) is 2.75. The molecule has 2 aromatic rings. The number of nitrogens with one attached hydrogen (secondary N) is 1. The van der Waals surface area contributed by atoms with E-state index in [4.69, 9.17) is 4.74 Å². The van der Waals surface area contributed by atoms with Crippen LogP contribution in [0.25, 0.3) is 0 Å². The van der Waals surface area contributed by atoms with E-state index >= 15 is 0 Å². The van der Waals surface area contributed by atoms with Gasteiger partial charge in [0.05, 0.1) is 16.4 Å². The summed E-state index contributed by atoms with van der Waals surface area (Å²) in [5, 5.41) is 6.13. The van der Waals surface area contributed by atoms with Gasteiger partial charge in [0.2, 0.25) is 0 Å². The van der Waals surface area contributed by atoms with Crippen LogP contribution in [0.1, 0.15) is 32.2 Å². The van der Waals surface area contributed by atoms with E-state index in [0.29, 0.717) is 17.7 Å². The van der Waals surface area contributed by atoms with Crippen LogP contribution in [0.4, 0.5) is 0 Å².